The van der Waals surface area contributed by atoms with Crippen molar-refractivity contribution in [2.75, 3.05) is 6.61 Å². The molecule has 0 aromatic heterocycles. The number of unbranched alkanes of at least 4 members (excludes halogenated alkanes) is 8. The summed E-state index contributed by atoms with van der Waals surface area (Å²) in [6.07, 6.45) is 31.2. The van der Waals surface area contributed by atoms with Crippen LogP contribution in [0.5, 0.6) is 0 Å². The van der Waals surface area contributed by atoms with Crippen LogP contribution in [0, 0.1) is 52.3 Å². The van der Waals surface area contributed by atoms with Gasteiger partial charge < -0.3 is 29.5 Å². The van der Waals surface area contributed by atoms with Crippen LogP contribution in [0.15, 0.2) is 36.0 Å². The molecule has 344 valence electrons. The van der Waals surface area contributed by atoms with E-state index in [4.69, 9.17) is 14.2 Å². The van der Waals surface area contributed by atoms with Gasteiger partial charge in [-0.3, -0.25) is 4.79 Å². The van der Waals surface area contributed by atoms with Gasteiger partial charge in [-0.1, -0.05) is 129 Å². The third-order valence-corrected chi connectivity index (χ3v) is 17.0. The van der Waals surface area contributed by atoms with Crippen molar-refractivity contribution in [3.8, 4) is 0 Å². The molecule has 5 aliphatic rings. The second kappa shape index (κ2) is 24.0. The van der Waals surface area contributed by atoms with Crippen molar-refractivity contribution < 1.29 is 34.3 Å². The van der Waals surface area contributed by atoms with Gasteiger partial charge in [-0.05, 0) is 149 Å². The minimum absolute atomic E-state index is 0.146. The van der Waals surface area contributed by atoms with E-state index in [-0.39, 0.29) is 24.1 Å². The van der Waals surface area contributed by atoms with Crippen LogP contribution in [0.25, 0.3) is 0 Å². The highest BCUT2D eigenvalue weighted by molar-refractivity contribution is 5.69. The topological polar surface area (TPSA) is 105 Å². The summed E-state index contributed by atoms with van der Waals surface area (Å²) in [5, 5.41) is 32.5. The van der Waals surface area contributed by atoms with Crippen molar-refractivity contribution in [3.63, 3.8) is 0 Å². The van der Waals surface area contributed by atoms with Crippen LogP contribution < -0.4 is 0 Å². The fourth-order valence-electron chi connectivity index (χ4n) is 13.1. The predicted octanol–water partition coefficient (Wildman–Crippen LogP) is 12.2. The molecule has 7 nitrogen and oxygen atoms in total. The number of aliphatic hydroxyl groups is 3. The Labute approximate surface area is 367 Å². The average molecular weight is 839 g/mol. The Morgan fingerprint density at radius 3 is 2.27 bits per heavy atom. The summed E-state index contributed by atoms with van der Waals surface area (Å²) in [6.45, 7) is 17.0. The zero-order valence-corrected chi connectivity index (χ0v) is 39.3. The van der Waals surface area contributed by atoms with E-state index in [1.807, 2.05) is 0 Å². The summed E-state index contributed by atoms with van der Waals surface area (Å²) in [4.78, 5) is 12.6. The van der Waals surface area contributed by atoms with Crippen LogP contribution in [0.3, 0.4) is 0 Å². The molecule has 0 aromatic rings. The number of fused-ring (bicyclic) bond motifs is 5. The summed E-state index contributed by atoms with van der Waals surface area (Å²) >= 11 is 0. The number of esters is 1. The molecule has 1 aliphatic heterocycles. The number of hydrogen-bond acceptors (Lipinski definition) is 7. The lowest BCUT2D eigenvalue weighted by atomic mass is 9.47. The van der Waals surface area contributed by atoms with Gasteiger partial charge in [-0.15, -0.1) is 0 Å². The first-order chi connectivity index (χ1) is 28.8. The van der Waals surface area contributed by atoms with Crippen molar-refractivity contribution in [2.24, 2.45) is 52.3 Å². The largest absolute Gasteiger partial charge is 0.463 e. The highest BCUT2D eigenvalue weighted by Gasteiger charge is 2.59. The second-order valence-corrected chi connectivity index (χ2v) is 21.1. The van der Waals surface area contributed by atoms with E-state index in [9.17, 15) is 20.1 Å². The second-order valence-electron chi connectivity index (χ2n) is 21.1. The molecule has 60 heavy (non-hydrogen) atoms. The third-order valence-electron chi connectivity index (χ3n) is 17.0. The first kappa shape index (κ1) is 49.5. The van der Waals surface area contributed by atoms with Crippen LogP contribution >= 0.6 is 0 Å². The monoisotopic (exact) mass is 839 g/mol. The first-order valence-corrected chi connectivity index (χ1v) is 25.3. The molecule has 0 amide bonds. The molecule has 0 aromatic carbocycles. The normalized spacial score (nSPS) is 36.5. The van der Waals surface area contributed by atoms with Crippen LogP contribution in [0.4, 0.5) is 0 Å². The highest BCUT2D eigenvalue weighted by atomic mass is 16.7. The molecule has 0 bridgehead atoms. The Morgan fingerprint density at radius 2 is 1.55 bits per heavy atom. The van der Waals surface area contributed by atoms with Crippen LogP contribution in [0.2, 0.25) is 0 Å². The molecule has 4 aliphatic carbocycles. The molecule has 7 heteroatoms. The number of aliphatic hydroxyl groups excluding tert-OH is 3. The van der Waals surface area contributed by atoms with Crippen molar-refractivity contribution in [1.82, 2.24) is 0 Å². The molecule has 14 atom stereocenters. The standard InChI is InChI=1S/C53H90O7/c1-8-10-11-12-13-14-15-16-17-18-19-20-21-22-23-24-47(54)58-36-46-48(55)49(56)50(57)51(60-46)59-41-31-33-52(6)40(35-41)27-28-42-44-30-29-43(53(44,7)34-32-45(42)52)38(5)25-26-39(9-2)37(3)4/h13-14,16-17,27,37-39,41-46,48-51,55-57H,8-12,15,18-26,28-36H2,1-7H3/b14-13-,17-16-/t38-,39-,41?,42+,43-,44+,45+,46-,48-,49+,50-,51-,52+,53-/m1/s1. The maximum atomic E-state index is 12.6. The summed E-state index contributed by atoms with van der Waals surface area (Å²) in [6, 6.07) is 0. The van der Waals surface area contributed by atoms with E-state index >= 15 is 0 Å². The Hall–Kier alpha value is -1.51. The highest BCUT2D eigenvalue weighted by Crippen LogP contribution is 2.67. The first-order valence-electron chi connectivity index (χ1n) is 25.3. The number of hydrogen-bond donors (Lipinski definition) is 3. The van der Waals surface area contributed by atoms with E-state index in [0.717, 1.165) is 106 Å². The fourth-order valence-corrected chi connectivity index (χ4v) is 13.1. The van der Waals surface area contributed by atoms with Crippen molar-refractivity contribution in [3.05, 3.63) is 36.0 Å². The Bertz CT molecular complexity index is 1370. The molecule has 0 radical (unpaired) electrons. The van der Waals surface area contributed by atoms with Crippen LogP contribution in [-0.2, 0) is 19.0 Å². The maximum Gasteiger partial charge on any atom is 0.305 e. The summed E-state index contributed by atoms with van der Waals surface area (Å²) < 4.78 is 18.0. The van der Waals surface area contributed by atoms with E-state index in [1.54, 1.807) is 0 Å². The molecular weight excluding hydrogens is 749 g/mol. The summed E-state index contributed by atoms with van der Waals surface area (Å²) in [5.41, 5.74) is 2.12. The van der Waals surface area contributed by atoms with E-state index < -0.39 is 30.7 Å². The quantitative estimate of drug-likeness (QED) is 0.0505. The molecule has 5 rings (SSSR count). The summed E-state index contributed by atoms with van der Waals surface area (Å²) in [7, 11) is 0. The Morgan fingerprint density at radius 1 is 0.833 bits per heavy atom. The SMILES string of the molecule is CCCCC/C=C\C/C=C\CCCCCCCC(=O)OC[C@H]1O[C@@H](OC2CC[C@@]3(C)C(=CC[C@H]4[C@@H]5CC[C@H]([C@H](C)CC[C@@H](CC)C(C)C)[C@@]5(C)CC[C@@H]43)C2)[C@H](O)[C@@H](O)[C@@H]1O. The van der Waals surface area contributed by atoms with Gasteiger partial charge in [-0.25, -0.2) is 0 Å². The van der Waals surface area contributed by atoms with Gasteiger partial charge in [0, 0.05) is 6.42 Å². The van der Waals surface area contributed by atoms with Gasteiger partial charge in [-0.2, -0.15) is 0 Å². The Kier molecular flexibility index (Phi) is 19.8. The van der Waals surface area contributed by atoms with Crippen molar-refractivity contribution in [2.45, 2.75) is 233 Å². The lowest BCUT2D eigenvalue weighted by molar-refractivity contribution is -0.313. The van der Waals surface area contributed by atoms with Gasteiger partial charge >= 0.3 is 5.97 Å². The maximum absolute atomic E-state index is 12.6. The number of rotatable bonds is 24. The molecule has 4 fully saturated rings. The van der Waals surface area contributed by atoms with E-state index in [1.165, 1.54) is 76.2 Å². The predicted molar refractivity (Wildman–Crippen MR) is 244 cm³/mol. The minimum atomic E-state index is -1.45. The molecule has 1 unspecified atom stereocenters. The lowest BCUT2D eigenvalue weighted by Gasteiger charge is -2.58. The summed E-state index contributed by atoms with van der Waals surface area (Å²) in [5.74, 6) is 5.20. The number of carbonyl (C=O) groups excluding carboxylic acids is 1. The molecule has 3 saturated carbocycles. The molecule has 1 heterocycles. The van der Waals surface area contributed by atoms with Gasteiger partial charge in [0.05, 0.1) is 6.10 Å². The zero-order chi connectivity index (χ0) is 43.3. The minimum Gasteiger partial charge on any atom is -0.463 e. The van der Waals surface area contributed by atoms with Crippen LogP contribution in [0.1, 0.15) is 196 Å². The third kappa shape index (κ3) is 12.6. The molecule has 3 N–H and O–H groups in total. The lowest BCUT2D eigenvalue weighted by Crippen LogP contribution is -2.60. The number of carbonyl (C=O) groups is 1. The zero-order valence-electron chi connectivity index (χ0n) is 39.3. The van der Waals surface area contributed by atoms with Crippen molar-refractivity contribution in [1.29, 1.82) is 0 Å². The van der Waals surface area contributed by atoms with Crippen molar-refractivity contribution >= 4 is 5.97 Å². The van der Waals surface area contributed by atoms with Crippen LogP contribution in [-0.4, -0.2) is 64.7 Å². The van der Waals surface area contributed by atoms with Gasteiger partial charge in [0.15, 0.2) is 6.29 Å². The average Bonchev–Trinajstić information content (AvgIpc) is 3.59. The molecule has 1 saturated heterocycles. The fraction of sp³-hybridized carbons (Fsp3) is 0.868. The smallest absolute Gasteiger partial charge is 0.305 e. The molecular formula is C53H90O7. The number of allylic oxidation sites excluding steroid dienone is 5. The van der Waals surface area contributed by atoms with E-state index in [2.05, 4.69) is 78.8 Å². The van der Waals surface area contributed by atoms with Gasteiger partial charge in [0.1, 0.15) is 31.0 Å². The van der Waals surface area contributed by atoms with E-state index in [0.29, 0.717) is 17.8 Å². The van der Waals surface area contributed by atoms with Gasteiger partial charge in [0.2, 0.25) is 0 Å². The molecule has 0 spiro atoms. The van der Waals surface area contributed by atoms with Gasteiger partial charge in [0.25, 0.3) is 0 Å². The number of ether oxygens (including phenoxy) is 3. The Balaban J connectivity index is 1.03.